The molecule has 41 heavy (non-hydrogen) atoms. The Morgan fingerprint density at radius 3 is 1.34 bits per heavy atom. The van der Waals surface area contributed by atoms with Crippen LogP contribution in [0.5, 0.6) is 0 Å². The number of allylic oxidation sites excluding steroid dienone is 2. The van der Waals surface area contributed by atoms with Gasteiger partial charge in [0.25, 0.3) is 0 Å². The minimum Gasteiger partial charge on any atom is -0.481 e. The van der Waals surface area contributed by atoms with Crippen LogP contribution in [0.2, 0.25) is 0 Å². The summed E-state index contributed by atoms with van der Waals surface area (Å²) in [6, 6.07) is 0. The van der Waals surface area contributed by atoms with Gasteiger partial charge in [-0.1, -0.05) is 173 Å². The van der Waals surface area contributed by atoms with E-state index in [1.807, 2.05) is 0 Å². The number of carbonyl (C=O) groups is 2. The van der Waals surface area contributed by atoms with Crippen LogP contribution >= 0.6 is 0 Å². The van der Waals surface area contributed by atoms with Crippen molar-refractivity contribution in [2.45, 2.75) is 187 Å². The SMILES string of the molecule is C=CCOC(=O)C(CCCCCCCCCCCCCCCCCCCCC/C=C/CCCCCCC)CC(=O)O. The van der Waals surface area contributed by atoms with Gasteiger partial charge in [0.1, 0.15) is 6.61 Å². The fourth-order valence-electron chi connectivity index (χ4n) is 5.53. The summed E-state index contributed by atoms with van der Waals surface area (Å²) in [5.41, 5.74) is 0. The van der Waals surface area contributed by atoms with Crippen LogP contribution in [0.3, 0.4) is 0 Å². The summed E-state index contributed by atoms with van der Waals surface area (Å²) >= 11 is 0. The Balaban J connectivity index is 3.31. The number of hydrogen-bond donors (Lipinski definition) is 1. The largest absolute Gasteiger partial charge is 0.481 e. The maximum absolute atomic E-state index is 12.0. The smallest absolute Gasteiger partial charge is 0.309 e. The van der Waals surface area contributed by atoms with Crippen molar-refractivity contribution in [1.82, 2.24) is 0 Å². The van der Waals surface area contributed by atoms with Gasteiger partial charge >= 0.3 is 11.9 Å². The number of ether oxygens (including phenoxy) is 1. The van der Waals surface area contributed by atoms with Gasteiger partial charge in [-0.25, -0.2) is 0 Å². The minimum absolute atomic E-state index is 0.145. The molecule has 0 saturated carbocycles. The highest BCUT2D eigenvalue weighted by Gasteiger charge is 2.22. The molecule has 0 aliphatic carbocycles. The van der Waals surface area contributed by atoms with Crippen LogP contribution in [0.1, 0.15) is 187 Å². The second-order valence-electron chi connectivity index (χ2n) is 12.2. The average molecular weight is 577 g/mol. The van der Waals surface area contributed by atoms with Crippen LogP contribution < -0.4 is 0 Å². The molecule has 0 saturated heterocycles. The third-order valence-corrected chi connectivity index (χ3v) is 8.16. The van der Waals surface area contributed by atoms with E-state index < -0.39 is 17.9 Å². The van der Waals surface area contributed by atoms with E-state index >= 15 is 0 Å². The molecule has 1 N–H and O–H groups in total. The van der Waals surface area contributed by atoms with Gasteiger partial charge in [-0.05, 0) is 32.1 Å². The number of rotatable bonds is 33. The lowest BCUT2D eigenvalue weighted by Crippen LogP contribution is -2.21. The molecule has 0 aromatic carbocycles. The molecule has 4 heteroatoms. The van der Waals surface area contributed by atoms with Crippen molar-refractivity contribution >= 4 is 11.9 Å². The van der Waals surface area contributed by atoms with Gasteiger partial charge in [0.2, 0.25) is 0 Å². The predicted molar refractivity (Wildman–Crippen MR) is 176 cm³/mol. The summed E-state index contributed by atoms with van der Waals surface area (Å²) in [5, 5.41) is 9.03. The topological polar surface area (TPSA) is 63.6 Å². The van der Waals surface area contributed by atoms with Gasteiger partial charge in [0, 0.05) is 0 Å². The van der Waals surface area contributed by atoms with Crippen LogP contribution in [0, 0.1) is 5.92 Å². The Labute approximate surface area is 255 Å². The van der Waals surface area contributed by atoms with E-state index in [9.17, 15) is 9.59 Å². The van der Waals surface area contributed by atoms with Crippen molar-refractivity contribution in [3.8, 4) is 0 Å². The molecule has 1 unspecified atom stereocenters. The van der Waals surface area contributed by atoms with E-state index in [1.165, 1.54) is 154 Å². The molecule has 0 aliphatic heterocycles. The van der Waals surface area contributed by atoms with Crippen molar-refractivity contribution in [3.63, 3.8) is 0 Å². The summed E-state index contributed by atoms with van der Waals surface area (Å²) in [4.78, 5) is 23.0. The number of aliphatic carboxylic acids is 1. The van der Waals surface area contributed by atoms with Gasteiger partial charge in [-0.15, -0.1) is 0 Å². The molecule has 0 amide bonds. The third kappa shape index (κ3) is 31.2. The summed E-state index contributed by atoms with van der Waals surface area (Å²) < 4.78 is 5.05. The Bertz CT molecular complexity index is 612. The minimum atomic E-state index is -0.941. The van der Waals surface area contributed by atoms with E-state index in [4.69, 9.17) is 9.84 Å². The molecule has 0 heterocycles. The van der Waals surface area contributed by atoms with Crippen LogP contribution in [0.4, 0.5) is 0 Å². The fourth-order valence-corrected chi connectivity index (χ4v) is 5.53. The second kappa shape index (κ2) is 32.9. The fraction of sp³-hybridized carbons (Fsp3) is 0.838. The van der Waals surface area contributed by atoms with Gasteiger partial charge in [-0.3, -0.25) is 9.59 Å². The normalized spacial score (nSPS) is 12.1. The zero-order valence-electron chi connectivity index (χ0n) is 27.2. The number of esters is 1. The van der Waals surface area contributed by atoms with E-state index in [-0.39, 0.29) is 13.0 Å². The summed E-state index contributed by atoms with van der Waals surface area (Å²) in [6.07, 6.45) is 41.5. The Kier molecular flexibility index (Phi) is 31.7. The van der Waals surface area contributed by atoms with Crippen molar-refractivity contribution in [2.24, 2.45) is 5.92 Å². The van der Waals surface area contributed by atoms with E-state index in [1.54, 1.807) is 0 Å². The van der Waals surface area contributed by atoms with Crippen molar-refractivity contribution in [2.75, 3.05) is 6.61 Å². The van der Waals surface area contributed by atoms with Gasteiger partial charge < -0.3 is 9.84 Å². The van der Waals surface area contributed by atoms with Gasteiger partial charge in [0.05, 0.1) is 12.3 Å². The molecule has 4 nitrogen and oxygen atoms in total. The molecule has 240 valence electrons. The second-order valence-corrected chi connectivity index (χ2v) is 12.2. The molecule has 0 aromatic rings. The summed E-state index contributed by atoms with van der Waals surface area (Å²) in [5.74, 6) is -1.88. The molecule has 0 radical (unpaired) electrons. The maximum Gasteiger partial charge on any atom is 0.309 e. The number of carbonyl (C=O) groups excluding carboxylic acids is 1. The number of hydrogen-bond acceptors (Lipinski definition) is 3. The monoisotopic (exact) mass is 577 g/mol. The Morgan fingerprint density at radius 2 is 0.976 bits per heavy atom. The summed E-state index contributed by atoms with van der Waals surface area (Å²) in [7, 11) is 0. The van der Waals surface area contributed by atoms with E-state index in [0.717, 1.165) is 19.3 Å². The third-order valence-electron chi connectivity index (χ3n) is 8.16. The predicted octanol–water partition coefficient (Wildman–Crippen LogP) is 11.9. The number of carboxylic acids is 1. The van der Waals surface area contributed by atoms with E-state index in [0.29, 0.717) is 6.42 Å². The van der Waals surface area contributed by atoms with Crippen molar-refractivity contribution in [1.29, 1.82) is 0 Å². The van der Waals surface area contributed by atoms with Gasteiger partial charge in [0.15, 0.2) is 0 Å². The van der Waals surface area contributed by atoms with Crippen LogP contribution in [0.25, 0.3) is 0 Å². The first-order valence-electron chi connectivity index (χ1n) is 17.8. The molecule has 0 spiro atoms. The molecule has 1 atom stereocenters. The lowest BCUT2D eigenvalue weighted by molar-refractivity contribution is -0.152. The first kappa shape index (κ1) is 39.4. The lowest BCUT2D eigenvalue weighted by Gasteiger charge is -2.13. The van der Waals surface area contributed by atoms with Gasteiger partial charge in [-0.2, -0.15) is 0 Å². The molecular weight excluding hydrogens is 508 g/mol. The highest BCUT2D eigenvalue weighted by atomic mass is 16.5. The Hall–Kier alpha value is -1.58. The first-order valence-corrected chi connectivity index (χ1v) is 17.8. The lowest BCUT2D eigenvalue weighted by atomic mass is 9.97. The average Bonchev–Trinajstić information content (AvgIpc) is 2.96. The highest BCUT2D eigenvalue weighted by molar-refractivity contribution is 5.79. The maximum atomic E-state index is 12.0. The number of carboxylic acid groups (broad SMARTS) is 1. The molecule has 0 bridgehead atoms. The van der Waals surface area contributed by atoms with Crippen molar-refractivity contribution in [3.05, 3.63) is 24.8 Å². The summed E-state index contributed by atoms with van der Waals surface area (Å²) in [6.45, 7) is 5.95. The zero-order valence-corrected chi connectivity index (χ0v) is 27.2. The molecule has 0 fully saturated rings. The van der Waals surface area contributed by atoms with Crippen LogP contribution in [-0.2, 0) is 14.3 Å². The first-order chi connectivity index (χ1) is 20.1. The Morgan fingerprint density at radius 1 is 0.610 bits per heavy atom. The van der Waals surface area contributed by atoms with Crippen LogP contribution in [0.15, 0.2) is 24.8 Å². The standard InChI is InChI=1S/C37H68O4/c1-3-5-6-7-8-9-10-11-12-13-14-15-16-17-18-19-20-21-22-23-24-25-26-27-28-29-30-31-32-35(34-36(38)39)37(40)41-33-4-2/h4,10-11,35H,2-3,5-9,12-34H2,1H3,(H,38,39)/b11-10+. The zero-order chi connectivity index (χ0) is 30.1. The van der Waals surface area contributed by atoms with E-state index in [2.05, 4.69) is 25.7 Å². The van der Waals surface area contributed by atoms with Crippen molar-refractivity contribution < 1.29 is 19.4 Å². The quantitative estimate of drug-likeness (QED) is 0.0479. The highest BCUT2D eigenvalue weighted by Crippen LogP contribution is 2.18. The molecule has 0 aliphatic rings. The molecule has 0 rings (SSSR count). The molecular formula is C37H68O4. The molecule has 0 aromatic heterocycles. The van der Waals surface area contributed by atoms with Crippen LogP contribution in [-0.4, -0.2) is 23.7 Å². The number of unbranched alkanes of at least 4 members (excludes halogenated alkanes) is 24.